The largest absolute Gasteiger partial charge is 0.508 e. The van der Waals surface area contributed by atoms with E-state index in [0.717, 1.165) is 11.1 Å². The second-order valence-corrected chi connectivity index (χ2v) is 7.06. The molecule has 0 spiro atoms. The monoisotopic (exact) mass is 382 g/mol. The predicted molar refractivity (Wildman–Crippen MR) is 106 cm³/mol. The Hall–Kier alpha value is -3.19. The average molecular weight is 382 g/mol. The molecule has 0 saturated carbocycles. The lowest BCUT2D eigenvalue weighted by Crippen LogP contribution is -2.14. The Bertz CT molecular complexity index is 963. The molecular formula is C20H18N2O4S. The van der Waals surface area contributed by atoms with Crippen molar-refractivity contribution in [3.05, 3.63) is 88.0 Å². The van der Waals surface area contributed by atoms with Gasteiger partial charge in [-0.2, -0.15) is 0 Å². The zero-order valence-corrected chi connectivity index (χ0v) is 15.4. The fourth-order valence-corrected chi connectivity index (χ4v) is 3.65. The Labute approximate surface area is 161 Å². The number of nitro groups is 1. The average Bonchev–Trinajstić information content (AvgIpc) is 2.63. The molecule has 27 heavy (non-hydrogen) atoms. The van der Waals surface area contributed by atoms with Crippen molar-refractivity contribution in [3.8, 4) is 11.5 Å². The van der Waals surface area contributed by atoms with E-state index in [4.69, 9.17) is 0 Å². The molecule has 0 bridgehead atoms. The molecule has 2 N–H and O–H groups in total. The molecule has 0 saturated heterocycles. The first-order chi connectivity index (χ1) is 12.9. The van der Waals surface area contributed by atoms with Crippen molar-refractivity contribution >= 4 is 23.3 Å². The zero-order valence-electron chi connectivity index (χ0n) is 14.6. The summed E-state index contributed by atoms with van der Waals surface area (Å²) in [7, 11) is 0. The number of phenols is 2. The van der Waals surface area contributed by atoms with Gasteiger partial charge in [0, 0.05) is 23.1 Å². The van der Waals surface area contributed by atoms with Gasteiger partial charge in [0.25, 0.3) is 5.69 Å². The van der Waals surface area contributed by atoms with Crippen LogP contribution in [0.2, 0.25) is 0 Å². The van der Waals surface area contributed by atoms with Gasteiger partial charge in [0.2, 0.25) is 0 Å². The highest BCUT2D eigenvalue weighted by Crippen LogP contribution is 2.39. The third-order valence-electron chi connectivity index (χ3n) is 3.99. The Morgan fingerprint density at radius 2 is 1.78 bits per heavy atom. The van der Waals surface area contributed by atoms with Gasteiger partial charge in [-0.15, -0.1) is 0 Å². The third-order valence-corrected chi connectivity index (χ3v) is 5.17. The summed E-state index contributed by atoms with van der Waals surface area (Å²) >= 11 is 1.30. The Morgan fingerprint density at radius 3 is 2.44 bits per heavy atom. The molecule has 3 aromatic carbocycles. The minimum Gasteiger partial charge on any atom is -0.508 e. The molecule has 0 aliphatic rings. The number of rotatable bonds is 6. The summed E-state index contributed by atoms with van der Waals surface area (Å²) < 4.78 is 1.84. The summed E-state index contributed by atoms with van der Waals surface area (Å²) in [6, 6.07) is 18.8. The second-order valence-electron chi connectivity index (χ2n) is 5.99. The van der Waals surface area contributed by atoms with Crippen LogP contribution in [-0.4, -0.2) is 15.1 Å². The van der Waals surface area contributed by atoms with Crippen LogP contribution < -0.4 is 4.31 Å². The second kappa shape index (κ2) is 8.01. The molecule has 6 nitrogen and oxygen atoms in total. The normalized spacial score (nSPS) is 10.6. The number of hydrogen-bond donors (Lipinski definition) is 2. The number of aryl methyl sites for hydroxylation is 1. The molecule has 0 radical (unpaired) electrons. The van der Waals surface area contributed by atoms with Gasteiger partial charge in [0.1, 0.15) is 11.5 Å². The van der Waals surface area contributed by atoms with Crippen molar-refractivity contribution < 1.29 is 15.1 Å². The maximum Gasteiger partial charge on any atom is 0.270 e. The van der Waals surface area contributed by atoms with Crippen LogP contribution in [-0.2, 0) is 6.54 Å². The first-order valence-corrected chi connectivity index (χ1v) is 8.98. The van der Waals surface area contributed by atoms with E-state index in [9.17, 15) is 20.3 Å². The smallest absolute Gasteiger partial charge is 0.270 e. The van der Waals surface area contributed by atoms with Crippen LogP contribution in [0.4, 0.5) is 11.4 Å². The first-order valence-electron chi connectivity index (χ1n) is 8.20. The fraction of sp³-hybridized carbons (Fsp3) is 0.100. The van der Waals surface area contributed by atoms with E-state index in [-0.39, 0.29) is 17.2 Å². The first kappa shape index (κ1) is 18.6. The summed E-state index contributed by atoms with van der Waals surface area (Å²) in [6.45, 7) is 2.34. The molecule has 0 aliphatic heterocycles. The van der Waals surface area contributed by atoms with Crippen LogP contribution in [0.1, 0.15) is 11.1 Å². The lowest BCUT2D eigenvalue weighted by molar-refractivity contribution is -0.385. The number of nitrogens with zero attached hydrogens (tertiary/aromatic N) is 2. The van der Waals surface area contributed by atoms with Crippen LogP contribution in [0.15, 0.2) is 71.6 Å². The molecular weight excluding hydrogens is 364 g/mol. The van der Waals surface area contributed by atoms with Gasteiger partial charge in [-0.3, -0.25) is 10.1 Å². The maximum atomic E-state index is 11.1. The molecule has 138 valence electrons. The summed E-state index contributed by atoms with van der Waals surface area (Å²) in [4.78, 5) is 11.4. The van der Waals surface area contributed by atoms with Crippen LogP contribution in [0.5, 0.6) is 11.5 Å². The molecule has 0 atom stereocenters. The topological polar surface area (TPSA) is 86.8 Å². The summed E-state index contributed by atoms with van der Waals surface area (Å²) in [6.07, 6.45) is 0. The molecule has 0 heterocycles. The molecule has 0 amide bonds. The highest BCUT2D eigenvalue weighted by Gasteiger charge is 2.17. The molecule has 0 unspecified atom stereocenters. The Kier molecular flexibility index (Phi) is 5.52. The maximum absolute atomic E-state index is 11.1. The number of aromatic hydroxyl groups is 2. The highest BCUT2D eigenvalue weighted by molar-refractivity contribution is 8.00. The standard InChI is InChI=1S/C20H18N2O4S/c1-14-7-8-16(22(25)26)11-20(14)27-21(13-15-5-3-2-4-6-15)18-10-9-17(23)12-19(18)24/h2-12,23-24H,13H2,1H3. The summed E-state index contributed by atoms with van der Waals surface area (Å²) in [5, 5.41) is 31.0. The quantitative estimate of drug-likeness (QED) is 0.353. The van der Waals surface area contributed by atoms with Crippen molar-refractivity contribution in [2.24, 2.45) is 0 Å². The van der Waals surface area contributed by atoms with Gasteiger partial charge in [-0.05, 0) is 42.1 Å². The van der Waals surface area contributed by atoms with E-state index in [0.29, 0.717) is 17.1 Å². The number of benzene rings is 3. The number of non-ortho nitro benzene ring substituents is 1. The number of hydrogen-bond acceptors (Lipinski definition) is 6. The summed E-state index contributed by atoms with van der Waals surface area (Å²) in [5.41, 5.74) is 2.42. The van der Waals surface area contributed by atoms with Crippen molar-refractivity contribution in [2.75, 3.05) is 4.31 Å². The number of phenolic OH excluding ortho intramolecular Hbond substituents is 2. The summed E-state index contributed by atoms with van der Waals surface area (Å²) in [5.74, 6) is -0.103. The number of anilines is 1. The van der Waals surface area contributed by atoms with Crippen molar-refractivity contribution in [1.82, 2.24) is 0 Å². The molecule has 7 heteroatoms. The minimum absolute atomic E-state index is 0.0117. The minimum atomic E-state index is -0.428. The van der Waals surface area contributed by atoms with E-state index < -0.39 is 4.92 Å². The Balaban J connectivity index is 1.99. The van der Waals surface area contributed by atoms with Gasteiger partial charge in [0.15, 0.2) is 0 Å². The van der Waals surface area contributed by atoms with E-state index >= 15 is 0 Å². The molecule has 3 rings (SSSR count). The highest BCUT2D eigenvalue weighted by atomic mass is 32.2. The van der Waals surface area contributed by atoms with E-state index in [2.05, 4.69) is 0 Å². The Morgan fingerprint density at radius 1 is 1.04 bits per heavy atom. The van der Waals surface area contributed by atoms with E-state index in [1.54, 1.807) is 12.1 Å². The number of nitro benzene ring substituents is 1. The van der Waals surface area contributed by atoms with E-state index in [1.807, 2.05) is 41.6 Å². The SMILES string of the molecule is Cc1ccc([N+](=O)[O-])cc1SN(Cc1ccccc1)c1ccc(O)cc1O. The zero-order chi connectivity index (χ0) is 19.4. The molecule has 0 fully saturated rings. The van der Waals surface area contributed by atoms with Crippen molar-refractivity contribution in [3.63, 3.8) is 0 Å². The lowest BCUT2D eigenvalue weighted by atomic mass is 10.2. The molecule has 0 aliphatic carbocycles. The van der Waals surface area contributed by atoms with Crippen LogP contribution in [0.3, 0.4) is 0 Å². The van der Waals surface area contributed by atoms with Crippen molar-refractivity contribution in [1.29, 1.82) is 0 Å². The predicted octanol–water partition coefficient (Wildman–Crippen LogP) is 5.03. The lowest BCUT2D eigenvalue weighted by Gasteiger charge is -2.25. The van der Waals surface area contributed by atoms with E-state index in [1.165, 1.54) is 36.2 Å². The van der Waals surface area contributed by atoms with Crippen LogP contribution in [0.25, 0.3) is 0 Å². The van der Waals surface area contributed by atoms with Crippen molar-refractivity contribution in [2.45, 2.75) is 18.4 Å². The van der Waals surface area contributed by atoms with Crippen LogP contribution in [0, 0.1) is 17.0 Å². The van der Waals surface area contributed by atoms with Crippen LogP contribution >= 0.6 is 11.9 Å². The van der Waals surface area contributed by atoms with Gasteiger partial charge < -0.3 is 14.5 Å². The van der Waals surface area contributed by atoms with Gasteiger partial charge in [0.05, 0.1) is 17.2 Å². The van der Waals surface area contributed by atoms with Gasteiger partial charge in [-0.25, -0.2) is 0 Å². The third kappa shape index (κ3) is 4.51. The van der Waals surface area contributed by atoms with Gasteiger partial charge in [-0.1, -0.05) is 36.4 Å². The van der Waals surface area contributed by atoms with Gasteiger partial charge >= 0.3 is 0 Å². The fourth-order valence-electron chi connectivity index (χ4n) is 2.56. The molecule has 3 aromatic rings. The molecule has 0 aromatic heterocycles.